The summed E-state index contributed by atoms with van der Waals surface area (Å²) in [7, 11) is 2.82. The van der Waals surface area contributed by atoms with Crippen molar-refractivity contribution in [1.29, 1.82) is 0 Å². The Morgan fingerprint density at radius 3 is 2.06 bits per heavy atom. The molecule has 0 bridgehead atoms. The van der Waals surface area contributed by atoms with Crippen LogP contribution in [0.3, 0.4) is 0 Å². The van der Waals surface area contributed by atoms with Gasteiger partial charge in [-0.1, -0.05) is 0 Å². The van der Waals surface area contributed by atoms with Crippen LogP contribution in [0.15, 0.2) is 0 Å². The van der Waals surface area contributed by atoms with Crippen LogP contribution in [0.2, 0.25) is 0 Å². The predicted molar refractivity (Wildman–Crippen MR) is 59.4 cm³/mol. The molecule has 0 aromatic rings. The van der Waals surface area contributed by atoms with E-state index in [9.17, 15) is 15.3 Å². The lowest BCUT2D eigenvalue weighted by Crippen LogP contribution is -2.77. The minimum Gasteiger partial charge on any atom is -0.394 e. The number of aliphatic hydroxyl groups is 3. The van der Waals surface area contributed by atoms with Crippen molar-refractivity contribution in [2.45, 2.75) is 50.0 Å². The molecular formula is C11H22O6. The van der Waals surface area contributed by atoms with Crippen LogP contribution in [0, 0.1) is 0 Å². The maximum absolute atomic E-state index is 10.3. The summed E-state index contributed by atoms with van der Waals surface area (Å²) in [4.78, 5) is 0. The molecule has 0 radical (unpaired) electrons. The number of hydrogen-bond acceptors (Lipinski definition) is 6. The minimum atomic E-state index is -1.70. The topological polar surface area (TPSA) is 88.4 Å². The van der Waals surface area contributed by atoms with E-state index in [0.717, 1.165) is 0 Å². The number of methoxy groups -OCH3 is 2. The van der Waals surface area contributed by atoms with E-state index in [0.29, 0.717) is 0 Å². The monoisotopic (exact) mass is 250 g/mol. The molecule has 102 valence electrons. The SMILES string of the molecule is CO[C@@]1(C)[C@@](C)(O)O[C@H](CO)[C@@H](O)[C@]1(C)OC. The fraction of sp³-hybridized carbons (Fsp3) is 1.00. The van der Waals surface area contributed by atoms with E-state index in [2.05, 4.69) is 0 Å². The maximum Gasteiger partial charge on any atom is 0.195 e. The first-order chi connectivity index (χ1) is 7.70. The molecule has 6 heteroatoms. The first-order valence-corrected chi connectivity index (χ1v) is 5.49. The first-order valence-electron chi connectivity index (χ1n) is 5.49. The minimum absolute atomic E-state index is 0.421. The number of hydrogen-bond donors (Lipinski definition) is 3. The summed E-state index contributed by atoms with van der Waals surface area (Å²) in [6, 6.07) is 0. The van der Waals surface area contributed by atoms with Gasteiger partial charge in [-0.15, -0.1) is 0 Å². The Morgan fingerprint density at radius 1 is 1.18 bits per heavy atom. The number of aliphatic hydroxyl groups excluding tert-OH is 2. The van der Waals surface area contributed by atoms with E-state index in [4.69, 9.17) is 14.2 Å². The van der Waals surface area contributed by atoms with Gasteiger partial charge in [-0.05, 0) is 20.8 Å². The fourth-order valence-corrected chi connectivity index (χ4v) is 2.41. The maximum atomic E-state index is 10.3. The van der Waals surface area contributed by atoms with Gasteiger partial charge in [0.1, 0.15) is 23.4 Å². The molecule has 1 aliphatic rings. The van der Waals surface area contributed by atoms with Gasteiger partial charge < -0.3 is 29.5 Å². The van der Waals surface area contributed by atoms with Crippen molar-refractivity contribution >= 4 is 0 Å². The summed E-state index contributed by atoms with van der Waals surface area (Å²) < 4.78 is 16.0. The Balaban J connectivity index is 3.28. The largest absolute Gasteiger partial charge is 0.394 e. The molecule has 1 rings (SSSR count). The predicted octanol–water partition coefficient (Wildman–Crippen LogP) is -0.743. The standard InChI is InChI=1S/C11H22O6/c1-9(15-4)8(13)7(6-12)17-11(3,14)10(9,2)16-5/h7-8,12-14H,6H2,1-5H3/t7-,8-,9+,10-,11+/m1/s1. The van der Waals surface area contributed by atoms with Crippen molar-refractivity contribution in [1.82, 2.24) is 0 Å². The summed E-state index contributed by atoms with van der Waals surface area (Å²) in [5.41, 5.74) is -2.49. The molecule has 1 fully saturated rings. The van der Waals surface area contributed by atoms with Gasteiger partial charge in [-0.2, -0.15) is 0 Å². The molecule has 0 amide bonds. The number of ether oxygens (including phenoxy) is 3. The normalized spacial score (nSPS) is 51.5. The van der Waals surface area contributed by atoms with Gasteiger partial charge in [0, 0.05) is 14.2 Å². The lowest BCUT2D eigenvalue weighted by atomic mass is 9.71. The molecule has 0 aromatic heterocycles. The second kappa shape index (κ2) is 4.46. The molecular weight excluding hydrogens is 228 g/mol. The van der Waals surface area contributed by atoms with Crippen LogP contribution in [-0.4, -0.2) is 65.3 Å². The molecule has 3 N–H and O–H groups in total. The zero-order chi connectivity index (χ0) is 13.5. The van der Waals surface area contributed by atoms with Crippen molar-refractivity contribution in [3.63, 3.8) is 0 Å². The lowest BCUT2D eigenvalue weighted by Gasteiger charge is -2.58. The zero-order valence-electron chi connectivity index (χ0n) is 10.9. The van der Waals surface area contributed by atoms with E-state index >= 15 is 0 Å². The molecule has 1 aliphatic heterocycles. The van der Waals surface area contributed by atoms with Crippen molar-refractivity contribution in [2.75, 3.05) is 20.8 Å². The average Bonchev–Trinajstić information content (AvgIpc) is 2.31. The van der Waals surface area contributed by atoms with E-state index in [-0.39, 0.29) is 0 Å². The third-order valence-corrected chi connectivity index (χ3v) is 4.14. The Labute approximate surface area is 101 Å². The number of rotatable bonds is 3. The van der Waals surface area contributed by atoms with Crippen LogP contribution in [0.4, 0.5) is 0 Å². The van der Waals surface area contributed by atoms with Gasteiger partial charge in [0.05, 0.1) is 6.61 Å². The summed E-state index contributed by atoms with van der Waals surface area (Å²) in [6.07, 6.45) is -2.05. The lowest BCUT2D eigenvalue weighted by molar-refractivity contribution is -0.409. The van der Waals surface area contributed by atoms with Crippen LogP contribution in [-0.2, 0) is 14.2 Å². The summed E-state index contributed by atoms with van der Waals surface area (Å²) in [5, 5.41) is 29.7. The molecule has 0 aromatic carbocycles. The van der Waals surface area contributed by atoms with Crippen LogP contribution in [0.25, 0.3) is 0 Å². The summed E-state index contributed by atoms with van der Waals surface area (Å²) in [6.45, 7) is 4.20. The van der Waals surface area contributed by atoms with Crippen LogP contribution < -0.4 is 0 Å². The Morgan fingerprint density at radius 2 is 1.71 bits per heavy atom. The zero-order valence-corrected chi connectivity index (χ0v) is 10.9. The molecule has 1 saturated heterocycles. The molecule has 0 spiro atoms. The van der Waals surface area contributed by atoms with Gasteiger partial charge in [0.2, 0.25) is 0 Å². The van der Waals surface area contributed by atoms with E-state index in [1.165, 1.54) is 21.1 Å². The van der Waals surface area contributed by atoms with Crippen molar-refractivity contribution in [2.24, 2.45) is 0 Å². The van der Waals surface area contributed by atoms with Crippen molar-refractivity contribution in [3.05, 3.63) is 0 Å². The third-order valence-electron chi connectivity index (χ3n) is 4.14. The quantitative estimate of drug-likeness (QED) is 0.611. The van der Waals surface area contributed by atoms with Crippen LogP contribution in [0.1, 0.15) is 20.8 Å². The first kappa shape index (κ1) is 14.8. The van der Waals surface area contributed by atoms with Gasteiger partial charge in [-0.3, -0.25) is 0 Å². The van der Waals surface area contributed by atoms with E-state index in [1.807, 2.05) is 0 Å². The molecule has 6 nitrogen and oxygen atoms in total. The molecule has 0 aliphatic carbocycles. The highest BCUT2D eigenvalue weighted by Gasteiger charge is 2.67. The average molecular weight is 250 g/mol. The molecule has 1 heterocycles. The van der Waals surface area contributed by atoms with E-state index < -0.39 is 35.8 Å². The van der Waals surface area contributed by atoms with Crippen molar-refractivity contribution < 1.29 is 29.5 Å². The second-order valence-corrected chi connectivity index (χ2v) is 4.82. The van der Waals surface area contributed by atoms with Gasteiger partial charge in [0.15, 0.2) is 5.79 Å². The highest BCUT2D eigenvalue weighted by atomic mass is 16.7. The van der Waals surface area contributed by atoms with Gasteiger partial charge in [0.25, 0.3) is 0 Å². The highest BCUT2D eigenvalue weighted by molar-refractivity contribution is 5.13. The fourth-order valence-electron chi connectivity index (χ4n) is 2.41. The smallest absolute Gasteiger partial charge is 0.195 e. The highest BCUT2D eigenvalue weighted by Crippen LogP contribution is 2.46. The van der Waals surface area contributed by atoms with Crippen LogP contribution >= 0.6 is 0 Å². The Kier molecular flexibility index (Phi) is 3.88. The Bertz CT molecular complexity index is 281. The van der Waals surface area contributed by atoms with Crippen molar-refractivity contribution in [3.8, 4) is 0 Å². The summed E-state index contributed by atoms with van der Waals surface area (Å²) >= 11 is 0. The van der Waals surface area contributed by atoms with E-state index in [1.54, 1.807) is 13.8 Å². The molecule has 0 unspecified atom stereocenters. The Hall–Kier alpha value is -0.240. The third kappa shape index (κ3) is 1.80. The van der Waals surface area contributed by atoms with Gasteiger partial charge in [-0.25, -0.2) is 0 Å². The molecule has 0 saturated carbocycles. The second-order valence-electron chi connectivity index (χ2n) is 4.82. The van der Waals surface area contributed by atoms with Crippen LogP contribution in [0.5, 0.6) is 0 Å². The van der Waals surface area contributed by atoms with Gasteiger partial charge >= 0.3 is 0 Å². The molecule has 17 heavy (non-hydrogen) atoms. The summed E-state index contributed by atoms with van der Waals surface area (Å²) in [5.74, 6) is -1.70. The molecule has 5 atom stereocenters.